The molecular formula is C15H23N3O2. The van der Waals surface area contributed by atoms with Gasteiger partial charge in [0.1, 0.15) is 11.3 Å². The summed E-state index contributed by atoms with van der Waals surface area (Å²) in [6, 6.07) is 7.57. The van der Waals surface area contributed by atoms with Gasteiger partial charge in [0, 0.05) is 19.6 Å². The van der Waals surface area contributed by atoms with Crippen LogP contribution >= 0.6 is 0 Å². The van der Waals surface area contributed by atoms with Crippen LogP contribution in [-0.4, -0.2) is 44.1 Å². The highest BCUT2D eigenvalue weighted by molar-refractivity contribution is 5.85. The quantitative estimate of drug-likeness (QED) is 0.850. The molecule has 1 unspecified atom stereocenters. The van der Waals surface area contributed by atoms with Crippen LogP contribution in [0, 0.1) is 0 Å². The predicted molar refractivity (Wildman–Crippen MR) is 78.6 cm³/mol. The molecule has 2 rings (SSSR count). The standard InChI is InChI=1S/C15H23N3O2/c1-15(14(16)19,18-10-3-8-17-9-11-18)12-4-6-13(20-2)7-5-12/h4-7,17H,3,8-11H2,1-2H3,(H2,16,19). The van der Waals surface area contributed by atoms with Crippen LogP contribution in [0.4, 0.5) is 0 Å². The third-order valence-electron chi connectivity index (χ3n) is 4.10. The minimum absolute atomic E-state index is 0.315. The summed E-state index contributed by atoms with van der Waals surface area (Å²) >= 11 is 0. The van der Waals surface area contributed by atoms with Crippen molar-refractivity contribution in [3.8, 4) is 5.75 Å². The summed E-state index contributed by atoms with van der Waals surface area (Å²) in [5.41, 5.74) is 5.85. The van der Waals surface area contributed by atoms with E-state index in [2.05, 4.69) is 10.2 Å². The average Bonchev–Trinajstić information content (AvgIpc) is 2.75. The second-order valence-corrected chi connectivity index (χ2v) is 5.26. The van der Waals surface area contributed by atoms with Crippen LogP contribution in [0.5, 0.6) is 5.75 Å². The van der Waals surface area contributed by atoms with E-state index in [1.165, 1.54) is 0 Å². The van der Waals surface area contributed by atoms with E-state index in [-0.39, 0.29) is 5.91 Å². The lowest BCUT2D eigenvalue weighted by Gasteiger charge is -2.38. The maximum absolute atomic E-state index is 12.1. The van der Waals surface area contributed by atoms with Gasteiger partial charge in [-0.1, -0.05) is 12.1 Å². The van der Waals surface area contributed by atoms with Gasteiger partial charge in [-0.05, 0) is 37.6 Å². The van der Waals surface area contributed by atoms with Crippen molar-refractivity contribution in [2.24, 2.45) is 5.73 Å². The van der Waals surface area contributed by atoms with Crippen LogP contribution in [0.15, 0.2) is 24.3 Å². The van der Waals surface area contributed by atoms with Crippen molar-refractivity contribution in [2.75, 3.05) is 33.3 Å². The maximum atomic E-state index is 12.1. The Morgan fingerprint density at radius 1 is 1.30 bits per heavy atom. The van der Waals surface area contributed by atoms with Gasteiger partial charge in [-0.25, -0.2) is 0 Å². The molecular weight excluding hydrogens is 254 g/mol. The zero-order valence-electron chi connectivity index (χ0n) is 12.2. The molecule has 0 bridgehead atoms. The van der Waals surface area contributed by atoms with E-state index in [4.69, 9.17) is 10.5 Å². The molecule has 0 saturated carbocycles. The van der Waals surface area contributed by atoms with Crippen molar-refractivity contribution in [3.05, 3.63) is 29.8 Å². The first kappa shape index (κ1) is 14.8. The summed E-state index contributed by atoms with van der Waals surface area (Å²) in [6.07, 6.45) is 1.01. The first-order valence-electron chi connectivity index (χ1n) is 6.99. The molecule has 1 aromatic carbocycles. The molecule has 1 amide bonds. The number of carbonyl (C=O) groups excluding carboxylic acids is 1. The average molecular weight is 277 g/mol. The van der Waals surface area contributed by atoms with Gasteiger partial charge < -0.3 is 15.8 Å². The van der Waals surface area contributed by atoms with Gasteiger partial charge in [0.15, 0.2) is 0 Å². The number of benzene rings is 1. The van der Waals surface area contributed by atoms with Crippen LogP contribution < -0.4 is 15.8 Å². The Hall–Kier alpha value is -1.59. The van der Waals surface area contributed by atoms with Gasteiger partial charge >= 0.3 is 0 Å². The highest BCUT2D eigenvalue weighted by Gasteiger charge is 2.39. The lowest BCUT2D eigenvalue weighted by Crippen LogP contribution is -2.54. The summed E-state index contributed by atoms with van der Waals surface area (Å²) in [5.74, 6) is 0.461. The highest BCUT2D eigenvalue weighted by atomic mass is 16.5. The predicted octanol–water partition coefficient (Wildman–Crippen LogP) is 0.691. The number of nitrogens with two attached hydrogens (primary N) is 1. The Bertz CT molecular complexity index is 453. The number of hydrogen-bond donors (Lipinski definition) is 2. The van der Waals surface area contributed by atoms with E-state index >= 15 is 0 Å². The fourth-order valence-electron chi connectivity index (χ4n) is 2.69. The van der Waals surface area contributed by atoms with E-state index < -0.39 is 5.54 Å². The molecule has 110 valence electrons. The molecule has 0 aromatic heterocycles. The monoisotopic (exact) mass is 277 g/mol. The van der Waals surface area contributed by atoms with Crippen molar-refractivity contribution in [1.29, 1.82) is 0 Å². The van der Waals surface area contributed by atoms with Crippen LogP contribution in [0.3, 0.4) is 0 Å². The largest absolute Gasteiger partial charge is 0.497 e. The smallest absolute Gasteiger partial charge is 0.242 e. The molecule has 5 heteroatoms. The summed E-state index contributed by atoms with van der Waals surface area (Å²) in [7, 11) is 1.63. The first-order valence-corrected chi connectivity index (χ1v) is 6.99. The van der Waals surface area contributed by atoms with Gasteiger partial charge in [-0.15, -0.1) is 0 Å². The molecule has 0 aliphatic carbocycles. The van der Waals surface area contributed by atoms with E-state index in [1.807, 2.05) is 31.2 Å². The summed E-state index contributed by atoms with van der Waals surface area (Å²) < 4.78 is 5.17. The Morgan fingerprint density at radius 2 is 2.00 bits per heavy atom. The van der Waals surface area contributed by atoms with Crippen molar-refractivity contribution >= 4 is 5.91 Å². The summed E-state index contributed by atoms with van der Waals surface area (Å²) in [4.78, 5) is 14.3. The van der Waals surface area contributed by atoms with Crippen LogP contribution in [0.2, 0.25) is 0 Å². The normalized spacial score (nSPS) is 19.9. The number of primary amides is 1. The topological polar surface area (TPSA) is 67.6 Å². The molecule has 1 atom stereocenters. The second-order valence-electron chi connectivity index (χ2n) is 5.26. The molecule has 0 radical (unpaired) electrons. The van der Waals surface area contributed by atoms with E-state index in [0.717, 1.165) is 43.9 Å². The molecule has 3 N–H and O–H groups in total. The first-order chi connectivity index (χ1) is 9.59. The molecule has 1 aromatic rings. The second kappa shape index (κ2) is 6.24. The van der Waals surface area contributed by atoms with Crippen molar-refractivity contribution in [3.63, 3.8) is 0 Å². The SMILES string of the molecule is COc1ccc(C(C)(C(N)=O)N2CCCNCC2)cc1. The number of hydrogen-bond acceptors (Lipinski definition) is 4. The maximum Gasteiger partial charge on any atom is 0.242 e. The van der Waals surface area contributed by atoms with Gasteiger partial charge in [0.25, 0.3) is 0 Å². The van der Waals surface area contributed by atoms with Gasteiger partial charge in [0.05, 0.1) is 7.11 Å². The zero-order chi connectivity index (χ0) is 14.6. The van der Waals surface area contributed by atoms with Gasteiger partial charge in [0.2, 0.25) is 5.91 Å². The van der Waals surface area contributed by atoms with E-state index in [0.29, 0.717) is 0 Å². The van der Waals surface area contributed by atoms with Crippen molar-refractivity contribution < 1.29 is 9.53 Å². The number of nitrogens with one attached hydrogen (secondary N) is 1. The van der Waals surface area contributed by atoms with Crippen LogP contribution in [0.25, 0.3) is 0 Å². The van der Waals surface area contributed by atoms with Crippen molar-refractivity contribution in [1.82, 2.24) is 10.2 Å². The minimum atomic E-state index is -0.779. The Labute approximate surface area is 120 Å². The third-order valence-corrected chi connectivity index (χ3v) is 4.10. The van der Waals surface area contributed by atoms with Gasteiger partial charge in [-0.3, -0.25) is 9.69 Å². The van der Waals surface area contributed by atoms with E-state index in [1.54, 1.807) is 7.11 Å². The number of ether oxygens (including phenoxy) is 1. The zero-order valence-corrected chi connectivity index (χ0v) is 12.2. The van der Waals surface area contributed by atoms with E-state index in [9.17, 15) is 4.79 Å². The molecule has 1 aliphatic rings. The molecule has 1 heterocycles. The molecule has 1 aliphatic heterocycles. The van der Waals surface area contributed by atoms with Crippen LogP contribution in [-0.2, 0) is 10.3 Å². The molecule has 1 fully saturated rings. The molecule has 5 nitrogen and oxygen atoms in total. The van der Waals surface area contributed by atoms with Crippen molar-refractivity contribution in [2.45, 2.75) is 18.9 Å². The Kier molecular flexibility index (Phi) is 4.62. The summed E-state index contributed by atoms with van der Waals surface area (Å²) in [6.45, 7) is 5.43. The fourth-order valence-corrected chi connectivity index (χ4v) is 2.69. The Morgan fingerprint density at radius 3 is 2.60 bits per heavy atom. The lowest BCUT2D eigenvalue weighted by molar-refractivity contribution is -0.130. The molecule has 0 spiro atoms. The van der Waals surface area contributed by atoms with Crippen LogP contribution in [0.1, 0.15) is 18.9 Å². The number of methoxy groups -OCH3 is 1. The Balaban J connectivity index is 2.33. The highest BCUT2D eigenvalue weighted by Crippen LogP contribution is 2.30. The third kappa shape index (κ3) is 2.78. The summed E-state index contributed by atoms with van der Waals surface area (Å²) in [5, 5.41) is 3.34. The number of nitrogens with zero attached hydrogens (tertiary/aromatic N) is 1. The van der Waals surface area contributed by atoms with Gasteiger partial charge in [-0.2, -0.15) is 0 Å². The molecule has 1 saturated heterocycles. The fraction of sp³-hybridized carbons (Fsp3) is 0.533. The molecule has 20 heavy (non-hydrogen) atoms. The lowest BCUT2D eigenvalue weighted by atomic mass is 9.88. The number of carbonyl (C=O) groups is 1. The number of rotatable bonds is 4. The minimum Gasteiger partial charge on any atom is -0.497 e. The number of amides is 1.